The van der Waals surface area contributed by atoms with E-state index >= 15 is 0 Å². The van der Waals surface area contributed by atoms with Crippen LogP contribution >= 0.6 is 0 Å². The lowest BCUT2D eigenvalue weighted by atomic mass is 9.85. The van der Waals surface area contributed by atoms with Crippen LogP contribution in [-0.4, -0.2) is 33.6 Å². The third-order valence-electron chi connectivity index (χ3n) is 6.31. The fourth-order valence-corrected chi connectivity index (χ4v) is 5.02. The van der Waals surface area contributed by atoms with Crippen molar-refractivity contribution in [3.8, 4) is 0 Å². The van der Waals surface area contributed by atoms with Gasteiger partial charge in [0.05, 0.1) is 11.8 Å². The Bertz CT molecular complexity index is 959. The SMILES string of the molecule is O=C(Nc1ccccn1)[C@@H](Cc1ccccc1)N1C(=O)[C@@H]2[C@H](C1=O)[C@H]1C=C[C@H]2C1. The lowest BCUT2D eigenvalue weighted by molar-refractivity contribution is -0.147. The van der Waals surface area contributed by atoms with E-state index in [9.17, 15) is 14.4 Å². The normalized spacial score (nSPS) is 27.9. The molecule has 1 saturated carbocycles. The summed E-state index contributed by atoms with van der Waals surface area (Å²) < 4.78 is 0. The quantitative estimate of drug-likeness (QED) is 0.631. The van der Waals surface area contributed by atoms with Crippen molar-refractivity contribution in [1.29, 1.82) is 0 Å². The summed E-state index contributed by atoms with van der Waals surface area (Å²) in [5.74, 6) is -0.837. The number of anilines is 1. The molecule has 0 spiro atoms. The van der Waals surface area contributed by atoms with Gasteiger partial charge >= 0.3 is 0 Å². The monoisotopic (exact) mass is 387 g/mol. The molecule has 1 saturated heterocycles. The summed E-state index contributed by atoms with van der Waals surface area (Å²) in [6.45, 7) is 0. The van der Waals surface area contributed by atoms with Crippen molar-refractivity contribution < 1.29 is 14.4 Å². The van der Waals surface area contributed by atoms with Gasteiger partial charge in [0.15, 0.2) is 0 Å². The number of carbonyl (C=O) groups is 3. The number of nitrogens with one attached hydrogen (secondary N) is 1. The zero-order chi connectivity index (χ0) is 20.0. The number of pyridine rings is 1. The van der Waals surface area contributed by atoms with E-state index in [1.54, 1.807) is 24.4 Å². The summed E-state index contributed by atoms with van der Waals surface area (Å²) in [5, 5.41) is 2.77. The molecule has 6 heteroatoms. The lowest BCUT2D eigenvalue weighted by Crippen LogP contribution is -2.49. The van der Waals surface area contributed by atoms with Gasteiger partial charge in [-0.15, -0.1) is 0 Å². The second-order valence-electron chi connectivity index (χ2n) is 7.96. The van der Waals surface area contributed by atoms with Crippen LogP contribution in [0, 0.1) is 23.7 Å². The molecule has 146 valence electrons. The van der Waals surface area contributed by atoms with E-state index in [2.05, 4.69) is 22.5 Å². The van der Waals surface area contributed by atoms with Crippen molar-refractivity contribution in [2.24, 2.45) is 23.7 Å². The third kappa shape index (κ3) is 2.95. The predicted molar refractivity (Wildman–Crippen MR) is 106 cm³/mol. The first-order valence-corrected chi connectivity index (χ1v) is 9.94. The first kappa shape index (κ1) is 17.8. The molecular weight excluding hydrogens is 366 g/mol. The molecule has 1 aliphatic heterocycles. The Morgan fingerprint density at radius 2 is 1.66 bits per heavy atom. The number of hydrogen-bond acceptors (Lipinski definition) is 4. The Morgan fingerprint density at radius 1 is 1.00 bits per heavy atom. The molecule has 2 bridgehead atoms. The van der Waals surface area contributed by atoms with Crippen molar-refractivity contribution in [1.82, 2.24) is 9.88 Å². The molecule has 2 aromatic rings. The molecule has 0 radical (unpaired) electrons. The van der Waals surface area contributed by atoms with E-state index in [0.717, 1.165) is 12.0 Å². The van der Waals surface area contributed by atoms with Crippen LogP contribution in [0.15, 0.2) is 66.9 Å². The van der Waals surface area contributed by atoms with E-state index in [1.807, 2.05) is 30.3 Å². The van der Waals surface area contributed by atoms with Crippen molar-refractivity contribution in [2.75, 3.05) is 5.32 Å². The van der Waals surface area contributed by atoms with Crippen LogP contribution in [0.1, 0.15) is 12.0 Å². The van der Waals surface area contributed by atoms with Crippen LogP contribution in [-0.2, 0) is 20.8 Å². The molecule has 6 nitrogen and oxygen atoms in total. The fourth-order valence-electron chi connectivity index (χ4n) is 5.02. The Balaban J connectivity index is 1.46. The molecule has 2 fully saturated rings. The van der Waals surface area contributed by atoms with Gasteiger partial charge in [-0.1, -0.05) is 48.6 Å². The Kier molecular flexibility index (Phi) is 4.27. The average Bonchev–Trinajstić information content (AvgIpc) is 3.42. The number of aromatic nitrogens is 1. The van der Waals surface area contributed by atoms with Gasteiger partial charge in [0, 0.05) is 12.6 Å². The van der Waals surface area contributed by atoms with Crippen LogP contribution in [0.25, 0.3) is 0 Å². The van der Waals surface area contributed by atoms with Crippen LogP contribution in [0.5, 0.6) is 0 Å². The summed E-state index contributed by atoms with van der Waals surface area (Å²) in [6, 6.07) is 13.8. The van der Waals surface area contributed by atoms with Crippen LogP contribution < -0.4 is 5.32 Å². The molecule has 3 amide bonds. The number of amides is 3. The molecule has 1 aromatic carbocycles. The lowest BCUT2D eigenvalue weighted by Gasteiger charge is -2.27. The van der Waals surface area contributed by atoms with Gasteiger partial charge in [0.25, 0.3) is 0 Å². The molecule has 0 unspecified atom stereocenters. The number of likely N-dealkylation sites (tertiary alicyclic amines) is 1. The molecule has 2 aliphatic carbocycles. The van der Waals surface area contributed by atoms with E-state index in [4.69, 9.17) is 0 Å². The summed E-state index contributed by atoms with van der Waals surface area (Å²) >= 11 is 0. The smallest absolute Gasteiger partial charge is 0.249 e. The molecule has 2 heterocycles. The highest BCUT2D eigenvalue weighted by Gasteiger charge is 2.61. The fraction of sp³-hybridized carbons (Fsp3) is 0.304. The highest BCUT2D eigenvalue weighted by molar-refractivity contribution is 6.10. The Labute approximate surface area is 168 Å². The maximum atomic E-state index is 13.3. The van der Waals surface area contributed by atoms with Crippen LogP contribution in [0.3, 0.4) is 0 Å². The highest BCUT2D eigenvalue weighted by atomic mass is 16.2. The van der Waals surface area contributed by atoms with Crippen LogP contribution in [0.4, 0.5) is 5.82 Å². The second kappa shape index (κ2) is 6.95. The van der Waals surface area contributed by atoms with Crippen molar-refractivity contribution in [3.05, 3.63) is 72.4 Å². The first-order valence-electron chi connectivity index (χ1n) is 9.94. The highest BCUT2D eigenvalue weighted by Crippen LogP contribution is 2.53. The van der Waals surface area contributed by atoms with E-state index in [-0.39, 0.29) is 41.9 Å². The van der Waals surface area contributed by atoms with Gasteiger partial charge in [-0.25, -0.2) is 4.98 Å². The third-order valence-corrected chi connectivity index (χ3v) is 6.31. The van der Waals surface area contributed by atoms with Gasteiger partial charge in [0.1, 0.15) is 11.9 Å². The number of rotatable bonds is 5. The number of fused-ring (bicyclic) bond motifs is 5. The maximum absolute atomic E-state index is 13.3. The first-order chi connectivity index (χ1) is 14.1. The summed E-state index contributed by atoms with van der Waals surface area (Å²) in [7, 11) is 0. The number of allylic oxidation sites excluding steroid dienone is 2. The van der Waals surface area contributed by atoms with Crippen molar-refractivity contribution in [2.45, 2.75) is 18.9 Å². The molecular formula is C23H21N3O3. The van der Waals surface area contributed by atoms with E-state index in [1.165, 1.54) is 4.90 Å². The zero-order valence-electron chi connectivity index (χ0n) is 15.8. The number of carbonyl (C=O) groups excluding carboxylic acids is 3. The Morgan fingerprint density at radius 3 is 2.28 bits per heavy atom. The molecule has 5 atom stereocenters. The van der Waals surface area contributed by atoms with Gasteiger partial charge in [-0.05, 0) is 36.0 Å². The van der Waals surface area contributed by atoms with Crippen molar-refractivity contribution >= 4 is 23.5 Å². The standard InChI is InChI=1S/C23H21N3O3/c27-21(25-18-8-4-5-11-24-18)17(12-14-6-2-1-3-7-14)26-22(28)19-15-9-10-16(13-15)20(19)23(26)29/h1-11,15-17,19-20H,12-13H2,(H,24,25,27)/t15-,16-,17+,19-,20+/m0/s1. The summed E-state index contributed by atoms with van der Waals surface area (Å²) in [5.41, 5.74) is 0.896. The van der Waals surface area contributed by atoms with E-state index < -0.39 is 11.9 Å². The molecule has 3 aliphatic rings. The largest absolute Gasteiger partial charge is 0.309 e. The minimum absolute atomic E-state index is 0.114. The minimum atomic E-state index is -0.899. The predicted octanol–water partition coefficient (Wildman–Crippen LogP) is 2.44. The van der Waals surface area contributed by atoms with Crippen LogP contribution in [0.2, 0.25) is 0 Å². The van der Waals surface area contributed by atoms with Gasteiger partial charge in [0.2, 0.25) is 17.7 Å². The second-order valence-corrected chi connectivity index (χ2v) is 7.96. The summed E-state index contributed by atoms with van der Waals surface area (Å²) in [6.07, 6.45) is 6.84. The van der Waals surface area contributed by atoms with Gasteiger partial charge in [-0.3, -0.25) is 19.3 Å². The maximum Gasteiger partial charge on any atom is 0.249 e. The minimum Gasteiger partial charge on any atom is -0.309 e. The molecule has 1 N–H and O–H groups in total. The molecule has 5 rings (SSSR count). The zero-order valence-corrected chi connectivity index (χ0v) is 15.8. The average molecular weight is 387 g/mol. The number of hydrogen-bond donors (Lipinski definition) is 1. The number of imide groups is 1. The Hall–Kier alpha value is -3.28. The topological polar surface area (TPSA) is 79.4 Å². The summed E-state index contributed by atoms with van der Waals surface area (Å²) in [4.78, 5) is 45.0. The van der Waals surface area contributed by atoms with Crippen molar-refractivity contribution in [3.63, 3.8) is 0 Å². The number of benzene rings is 1. The van der Waals surface area contributed by atoms with Gasteiger partial charge < -0.3 is 5.32 Å². The van der Waals surface area contributed by atoms with E-state index in [0.29, 0.717) is 5.82 Å². The number of nitrogens with zero attached hydrogens (tertiary/aromatic N) is 2. The molecule has 1 aromatic heterocycles. The molecule has 29 heavy (non-hydrogen) atoms. The van der Waals surface area contributed by atoms with Gasteiger partial charge in [-0.2, -0.15) is 0 Å².